The molecule has 1 heterocycles. The Balaban J connectivity index is 2.38. The van der Waals surface area contributed by atoms with E-state index in [9.17, 15) is 30.3 Å². The number of carbonyl (C=O) groups excluding carboxylic acids is 1. The molecule has 9 heteroatoms. The molecule has 1 amide bonds. The summed E-state index contributed by atoms with van der Waals surface area (Å²) in [5, 5.41) is 54.2. The molecule has 0 aromatic carbocycles. The Bertz CT molecular complexity index is 812. The summed E-state index contributed by atoms with van der Waals surface area (Å²) in [6.45, 7) is 3.81. The van der Waals surface area contributed by atoms with Crippen molar-refractivity contribution in [2.45, 2.75) is 236 Å². The number of allylic oxidation sites excluding steroid dienone is 2. The Morgan fingerprint density at radius 2 is 1.10 bits per heavy atom. The van der Waals surface area contributed by atoms with Crippen LogP contribution in [-0.2, 0) is 14.3 Å². The minimum Gasteiger partial charge on any atom is -0.394 e. The molecule has 0 spiro atoms. The minimum absolute atomic E-state index is 0.138. The van der Waals surface area contributed by atoms with Gasteiger partial charge in [-0.2, -0.15) is 0 Å². The second kappa shape index (κ2) is 33.5. The van der Waals surface area contributed by atoms with E-state index in [4.69, 9.17) is 9.47 Å². The van der Waals surface area contributed by atoms with E-state index in [0.29, 0.717) is 12.8 Å². The van der Waals surface area contributed by atoms with Crippen molar-refractivity contribution < 1.29 is 39.8 Å². The van der Waals surface area contributed by atoms with E-state index >= 15 is 0 Å². The largest absolute Gasteiger partial charge is 0.394 e. The van der Waals surface area contributed by atoms with Gasteiger partial charge in [0.15, 0.2) is 6.29 Å². The number of ether oxygens (including phenoxy) is 2. The summed E-state index contributed by atoms with van der Waals surface area (Å²) in [7, 11) is 0. The van der Waals surface area contributed by atoms with Crippen molar-refractivity contribution in [1.82, 2.24) is 5.32 Å². The summed E-state index contributed by atoms with van der Waals surface area (Å²) in [4.78, 5) is 12.9. The fourth-order valence-corrected chi connectivity index (χ4v) is 6.86. The molecular formula is C42H81NO8. The number of hydrogen-bond acceptors (Lipinski definition) is 8. The van der Waals surface area contributed by atoms with Crippen LogP contribution in [0, 0.1) is 0 Å². The Morgan fingerprint density at radius 3 is 1.59 bits per heavy atom. The van der Waals surface area contributed by atoms with Gasteiger partial charge in [0.05, 0.1) is 25.4 Å². The molecule has 0 aromatic rings. The molecule has 1 saturated heterocycles. The summed E-state index contributed by atoms with van der Waals surface area (Å²) < 4.78 is 11.2. The van der Waals surface area contributed by atoms with Crippen LogP contribution in [0.15, 0.2) is 12.2 Å². The molecule has 1 fully saturated rings. The highest BCUT2D eigenvalue weighted by atomic mass is 16.7. The molecule has 302 valence electrons. The van der Waals surface area contributed by atoms with Gasteiger partial charge in [-0.25, -0.2) is 0 Å². The number of hydrogen-bond donors (Lipinski definition) is 6. The molecule has 1 aliphatic rings. The molecule has 1 aliphatic heterocycles. The zero-order valence-corrected chi connectivity index (χ0v) is 32.9. The van der Waals surface area contributed by atoms with Crippen molar-refractivity contribution in [3.63, 3.8) is 0 Å². The highest BCUT2D eigenvalue weighted by Crippen LogP contribution is 2.23. The van der Waals surface area contributed by atoms with Gasteiger partial charge in [-0.05, 0) is 38.5 Å². The highest BCUT2D eigenvalue weighted by Gasteiger charge is 2.44. The first-order valence-electron chi connectivity index (χ1n) is 21.4. The van der Waals surface area contributed by atoms with Gasteiger partial charge in [0.25, 0.3) is 0 Å². The predicted octanol–water partition coefficient (Wildman–Crippen LogP) is 8.17. The second-order valence-electron chi connectivity index (χ2n) is 15.1. The number of carbonyl (C=O) groups is 1. The van der Waals surface area contributed by atoms with Gasteiger partial charge in [-0.15, -0.1) is 0 Å². The van der Waals surface area contributed by atoms with Crippen LogP contribution >= 0.6 is 0 Å². The molecule has 51 heavy (non-hydrogen) atoms. The topological polar surface area (TPSA) is 149 Å². The molecule has 2 unspecified atom stereocenters. The fourth-order valence-electron chi connectivity index (χ4n) is 6.86. The summed E-state index contributed by atoms with van der Waals surface area (Å²) in [5.41, 5.74) is 0. The van der Waals surface area contributed by atoms with Gasteiger partial charge in [0.2, 0.25) is 5.91 Å². The van der Waals surface area contributed by atoms with E-state index in [0.717, 1.165) is 51.4 Å². The molecular weight excluding hydrogens is 646 g/mol. The molecule has 0 aliphatic carbocycles. The van der Waals surface area contributed by atoms with Crippen molar-refractivity contribution in [3.8, 4) is 0 Å². The Morgan fingerprint density at radius 1 is 0.647 bits per heavy atom. The molecule has 1 rings (SSSR count). The number of amides is 1. The maximum absolute atomic E-state index is 12.9. The highest BCUT2D eigenvalue weighted by molar-refractivity contribution is 5.76. The Labute approximate surface area is 312 Å². The number of rotatable bonds is 35. The van der Waals surface area contributed by atoms with E-state index < -0.39 is 49.5 Å². The van der Waals surface area contributed by atoms with Crippen LogP contribution in [0.5, 0.6) is 0 Å². The monoisotopic (exact) mass is 728 g/mol. The summed E-state index contributed by atoms with van der Waals surface area (Å²) >= 11 is 0. The maximum atomic E-state index is 12.9. The molecule has 0 aromatic heterocycles. The van der Waals surface area contributed by atoms with Crippen LogP contribution in [0.25, 0.3) is 0 Å². The van der Waals surface area contributed by atoms with E-state index in [1.54, 1.807) is 0 Å². The van der Waals surface area contributed by atoms with Gasteiger partial charge in [0.1, 0.15) is 24.4 Å². The lowest BCUT2D eigenvalue weighted by molar-refractivity contribution is -0.302. The number of nitrogens with one attached hydrogen (secondary N) is 1. The van der Waals surface area contributed by atoms with E-state index in [1.165, 1.54) is 116 Å². The van der Waals surface area contributed by atoms with Gasteiger partial charge in [-0.3, -0.25) is 4.79 Å². The minimum atomic E-state index is -1.55. The Hall–Kier alpha value is -1.07. The fraction of sp³-hybridized carbons (Fsp3) is 0.929. The molecule has 0 radical (unpaired) electrons. The zero-order chi connectivity index (χ0) is 37.4. The lowest BCUT2D eigenvalue weighted by Gasteiger charge is -2.40. The van der Waals surface area contributed by atoms with Crippen molar-refractivity contribution in [1.29, 1.82) is 0 Å². The van der Waals surface area contributed by atoms with Crippen LogP contribution in [0.4, 0.5) is 0 Å². The van der Waals surface area contributed by atoms with Crippen molar-refractivity contribution >= 4 is 5.91 Å². The van der Waals surface area contributed by atoms with Crippen LogP contribution in [0.2, 0.25) is 0 Å². The lowest BCUT2D eigenvalue weighted by atomic mass is 9.99. The predicted molar refractivity (Wildman–Crippen MR) is 207 cm³/mol. The third kappa shape index (κ3) is 24.8. The average molecular weight is 728 g/mol. The maximum Gasteiger partial charge on any atom is 0.220 e. The summed E-state index contributed by atoms with van der Waals surface area (Å²) in [6, 6.07) is -0.717. The SMILES string of the molecule is CCCCCCC/C=C/CCCCCCCC(=O)N[C@@H](CO[C@@H]1O[C@H](CO)[C@@H](O)C(O)C1O)[C@H](O)CCCCCCCCCCCCCCCC. The number of aliphatic hydroxyl groups excluding tert-OH is 5. The van der Waals surface area contributed by atoms with E-state index in [-0.39, 0.29) is 12.5 Å². The van der Waals surface area contributed by atoms with Crippen molar-refractivity contribution in [3.05, 3.63) is 12.2 Å². The van der Waals surface area contributed by atoms with Gasteiger partial charge in [-0.1, -0.05) is 161 Å². The molecule has 7 atom stereocenters. The number of unbranched alkanes of at least 4 members (excludes halogenated alkanes) is 23. The summed E-state index contributed by atoms with van der Waals surface area (Å²) in [6.07, 6.45) is 29.2. The van der Waals surface area contributed by atoms with Crippen LogP contribution in [0.1, 0.15) is 194 Å². The van der Waals surface area contributed by atoms with Gasteiger partial charge < -0.3 is 40.3 Å². The standard InChI is InChI=1S/C42H81NO8/c1-3-5-7-9-11-13-15-17-19-21-23-25-27-29-31-36(45)35(34-50-42-41(49)40(48)39(47)37(33-44)51-42)43-38(46)32-30-28-26-24-22-20-18-16-14-12-10-8-6-4-2/h16,18,35-37,39-42,44-45,47-49H,3-15,17,19-34H2,1-2H3,(H,43,46)/b18-16+/t35-,36+,37+,39+,40?,41?,42+/m0/s1. The van der Waals surface area contributed by atoms with E-state index in [2.05, 4.69) is 31.3 Å². The molecule has 0 saturated carbocycles. The smallest absolute Gasteiger partial charge is 0.220 e. The third-order valence-electron chi connectivity index (χ3n) is 10.4. The molecule has 6 N–H and O–H groups in total. The first-order chi connectivity index (χ1) is 24.8. The first-order valence-corrected chi connectivity index (χ1v) is 21.4. The Kier molecular flexibility index (Phi) is 31.5. The van der Waals surface area contributed by atoms with Gasteiger partial charge >= 0.3 is 0 Å². The zero-order valence-electron chi connectivity index (χ0n) is 32.9. The van der Waals surface area contributed by atoms with Crippen LogP contribution in [-0.4, -0.2) is 87.5 Å². The third-order valence-corrected chi connectivity index (χ3v) is 10.4. The summed E-state index contributed by atoms with van der Waals surface area (Å²) in [5.74, 6) is -0.153. The van der Waals surface area contributed by atoms with Crippen LogP contribution in [0.3, 0.4) is 0 Å². The van der Waals surface area contributed by atoms with E-state index in [1.807, 2.05) is 0 Å². The van der Waals surface area contributed by atoms with Crippen molar-refractivity contribution in [2.24, 2.45) is 0 Å². The first kappa shape index (κ1) is 48.0. The van der Waals surface area contributed by atoms with Crippen LogP contribution < -0.4 is 5.32 Å². The molecule has 9 nitrogen and oxygen atoms in total. The lowest BCUT2D eigenvalue weighted by Crippen LogP contribution is -2.60. The second-order valence-corrected chi connectivity index (χ2v) is 15.1. The van der Waals surface area contributed by atoms with Gasteiger partial charge in [0, 0.05) is 6.42 Å². The molecule has 0 bridgehead atoms. The van der Waals surface area contributed by atoms with Crippen molar-refractivity contribution in [2.75, 3.05) is 13.2 Å². The number of aliphatic hydroxyl groups is 5. The quantitative estimate of drug-likeness (QED) is 0.0283. The average Bonchev–Trinajstić information content (AvgIpc) is 3.13. The normalized spacial score (nSPS) is 22.1.